The maximum atomic E-state index is 12.5. The average molecular weight is 720 g/mol. The van der Waals surface area contributed by atoms with Crippen molar-refractivity contribution in [2.24, 2.45) is 5.73 Å². The van der Waals surface area contributed by atoms with Gasteiger partial charge >= 0.3 is 13.8 Å². The van der Waals surface area contributed by atoms with Crippen molar-refractivity contribution in [1.29, 1.82) is 0 Å². The molecule has 0 spiro atoms. The van der Waals surface area contributed by atoms with Gasteiger partial charge in [0.1, 0.15) is 6.10 Å². The highest BCUT2D eigenvalue weighted by atomic mass is 31.2. The molecule has 294 valence electrons. The Morgan fingerprint density at radius 2 is 0.898 bits per heavy atom. The van der Waals surface area contributed by atoms with E-state index in [0.29, 0.717) is 13.0 Å². The molecular weight excluding hydrogens is 637 g/mol. The van der Waals surface area contributed by atoms with Gasteiger partial charge in [0, 0.05) is 19.6 Å². The van der Waals surface area contributed by atoms with Gasteiger partial charge in [0.05, 0.1) is 19.8 Å². The van der Waals surface area contributed by atoms with Crippen molar-refractivity contribution in [2.45, 2.75) is 219 Å². The molecule has 9 heteroatoms. The Morgan fingerprint density at radius 3 is 1.29 bits per heavy atom. The molecule has 0 amide bonds. The van der Waals surface area contributed by atoms with Crippen molar-refractivity contribution in [1.82, 2.24) is 0 Å². The minimum Gasteiger partial charge on any atom is -0.457 e. The Labute approximate surface area is 303 Å². The van der Waals surface area contributed by atoms with Crippen LogP contribution in [0.4, 0.5) is 0 Å². The van der Waals surface area contributed by atoms with Gasteiger partial charge in [-0.1, -0.05) is 194 Å². The van der Waals surface area contributed by atoms with Gasteiger partial charge in [-0.25, -0.2) is 4.57 Å². The summed E-state index contributed by atoms with van der Waals surface area (Å²) in [6.07, 6.45) is 38.4. The highest BCUT2D eigenvalue weighted by molar-refractivity contribution is 7.47. The fourth-order valence-electron chi connectivity index (χ4n) is 6.17. The smallest absolute Gasteiger partial charge is 0.457 e. The molecule has 0 saturated heterocycles. The van der Waals surface area contributed by atoms with Crippen LogP contribution in [0.15, 0.2) is 0 Å². The average Bonchev–Trinajstić information content (AvgIpc) is 3.09. The van der Waals surface area contributed by atoms with Crippen molar-refractivity contribution in [2.75, 3.05) is 33.0 Å². The number of hydrogen-bond acceptors (Lipinski definition) is 7. The molecule has 49 heavy (non-hydrogen) atoms. The molecule has 0 heterocycles. The molecule has 0 aliphatic rings. The molecule has 0 fully saturated rings. The highest BCUT2D eigenvalue weighted by Gasteiger charge is 2.25. The molecule has 2 unspecified atom stereocenters. The Balaban J connectivity index is 3.88. The summed E-state index contributed by atoms with van der Waals surface area (Å²) >= 11 is 0. The summed E-state index contributed by atoms with van der Waals surface area (Å²) in [5.74, 6) is -0.325. The van der Waals surface area contributed by atoms with E-state index in [-0.39, 0.29) is 32.3 Å². The van der Waals surface area contributed by atoms with Crippen LogP contribution in [0.5, 0.6) is 0 Å². The summed E-state index contributed by atoms with van der Waals surface area (Å²) in [6.45, 7) is 4.95. The van der Waals surface area contributed by atoms with Crippen LogP contribution in [0.2, 0.25) is 0 Å². The van der Waals surface area contributed by atoms with Crippen LogP contribution in [-0.2, 0) is 27.9 Å². The summed E-state index contributed by atoms with van der Waals surface area (Å²) in [6, 6.07) is 0. The van der Waals surface area contributed by atoms with E-state index in [9.17, 15) is 14.3 Å². The lowest BCUT2D eigenvalue weighted by atomic mass is 10.0. The third-order valence-electron chi connectivity index (χ3n) is 9.27. The topological polar surface area (TPSA) is 117 Å². The van der Waals surface area contributed by atoms with Gasteiger partial charge in [0.2, 0.25) is 0 Å². The number of rotatable bonds is 41. The summed E-state index contributed by atoms with van der Waals surface area (Å²) in [5, 5.41) is 0. The first-order chi connectivity index (χ1) is 23.9. The third-order valence-corrected chi connectivity index (χ3v) is 10.3. The molecule has 0 aliphatic carbocycles. The number of nitrogens with two attached hydrogens (primary N) is 1. The minimum atomic E-state index is -4.26. The van der Waals surface area contributed by atoms with E-state index >= 15 is 0 Å². The molecule has 0 bridgehead atoms. The van der Waals surface area contributed by atoms with Crippen LogP contribution < -0.4 is 5.73 Å². The lowest BCUT2D eigenvalue weighted by Crippen LogP contribution is -2.28. The maximum absolute atomic E-state index is 12.5. The number of ether oxygens (including phenoxy) is 2. The van der Waals surface area contributed by atoms with Crippen LogP contribution in [0, 0.1) is 0 Å². The van der Waals surface area contributed by atoms with E-state index in [2.05, 4.69) is 13.8 Å². The fraction of sp³-hybridized carbons (Fsp3) is 0.975. The summed E-state index contributed by atoms with van der Waals surface area (Å²) < 4.78 is 33.3. The highest BCUT2D eigenvalue weighted by Crippen LogP contribution is 2.43. The van der Waals surface area contributed by atoms with Gasteiger partial charge in [0.25, 0.3) is 0 Å². The summed E-state index contributed by atoms with van der Waals surface area (Å²) in [7, 11) is -4.26. The second kappa shape index (κ2) is 38.7. The van der Waals surface area contributed by atoms with Gasteiger partial charge in [-0.05, 0) is 12.8 Å². The zero-order valence-electron chi connectivity index (χ0n) is 32.5. The van der Waals surface area contributed by atoms with Crippen molar-refractivity contribution < 1.29 is 32.8 Å². The monoisotopic (exact) mass is 720 g/mol. The summed E-state index contributed by atoms with van der Waals surface area (Å²) in [5.41, 5.74) is 5.35. The normalized spacial score (nSPS) is 13.5. The fourth-order valence-corrected chi connectivity index (χ4v) is 6.94. The molecule has 0 saturated carbocycles. The number of esters is 1. The van der Waals surface area contributed by atoms with E-state index in [1.54, 1.807) is 0 Å². The molecule has 0 aromatic rings. The predicted octanol–water partition coefficient (Wildman–Crippen LogP) is 12.1. The quantitative estimate of drug-likeness (QED) is 0.0364. The molecule has 0 aromatic carbocycles. The van der Waals surface area contributed by atoms with Crippen LogP contribution in [0.3, 0.4) is 0 Å². The van der Waals surface area contributed by atoms with E-state index in [1.807, 2.05) is 0 Å². The second-order valence-electron chi connectivity index (χ2n) is 14.2. The number of phosphoric ester groups is 1. The Kier molecular flexibility index (Phi) is 38.3. The van der Waals surface area contributed by atoms with Gasteiger partial charge in [-0.2, -0.15) is 0 Å². The predicted molar refractivity (Wildman–Crippen MR) is 206 cm³/mol. The molecule has 8 nitrogen and oxygen atoms in total. The minimum absolute atomic E-state index is 0.0905. The third kappa shape index (κ3) is 38.6. The number of unbranched alkanes of at least 4 members (excludes halogenated alkanes) is 28. The first kappa shape index (κ1) is 48.5. The number of carbonyl (C=O) groups is 1. The number of carbonyl (C=O) groups excluding carboxylic acids is 1. The van der Waals surface area contributed by atoms with E-state index in [1.165, 1.54) is 161 Å². The Bertz CT molecular complexity index is 727. The second-order valence-corrected chi connectivity index (χ2v) is 15.7. The van der Waals surface area contributed by atoms with Crippen LogP contribution >= 0.6 is 7.82 Å². The zero-order valence-corrected chi connectivity index (χ0v) is 33.3. The van der Waals surface area contributed by atoms with Gasteiger partial charge in [0.15, 0.2) is 0 Å². The summed E-state index contributed by atoms with van der Waals surface area (Å²) in [4.78, 5) is 22.4. The standard InChI is InChI=1S/C40H82NO7P/c1-3-5-7-9-11-13-14-15-16-17-18-19-20-21-22-23-24-25-27-29-31-33-40(42)48-39(38-47-49(43,44)46-36-34-41)37-45-35-32-30-28-26-12-10-8-6-4-2/h39H,3-38,41H2,1-2H3,(H,43,44). The molecule has 3 N–H and O–H groups in total. The Morgan fingerprint density at radius 1 is 0.531 bits per heavy atom. The molecule has 2 atom stereocenters. The molecule has 0 radical (unpaired) electrons. The molecule has 0 aliphatic heterocycles. The van der Waals surface area contributed by atoms with E-state index in [0.717, 1.165) is 32.1 Å². The van der Waals surface area contributed by atoms with Crippen molar-refractivity contribution in [3.63, 3.8) is 0 Å². The lowest BCUT2D eigenvalue weighted by molar-refractivity contribution is -0.154. The van der Waals surface area contributed by atoms with Gasteiger partial charge in [-0.3, -0.25) is 13.8 Å². The van der Waals surface area contributed by atoms with Gasteiger partial charge in [-0.15, -0.1) is 0 Å². The maximum Gasteiger partial charge on any atom is 0.472 e. The number of phosphoric acid groups is 1. The first-order valence-electron chi connectivity index (χ1n) is 21.0. The number of hydrogen-bond donors (Lipinski definition) is 2. The Hall–Kier alpha value is -0.500. The first-order valence-corrected chi connectivity index (χ1v) is 22.5. The zero-order chi connectivity index (χ0) is 35.9. The largest absolute Gasteiger partial charge is 0.472 e. The van der Waals surface area contributed by atoms with Gasteiger partial charge < -0.3 is 20.1 Å². The molecule has 0 aromatic heterocycles. The van der Waals surface area contributed by atoms with Crippen molar-refractivity contribution >= 4 is 13.8 Å². The van der Waals surface area contributed by atoms with Crippen LogP contribution in [0.25, 0.3) is 0 Å². The SMILES string of the molecule is CCCCCCCCCCCCCCCCCCCCCCCC(=O)OC(COCCCCCCCCCCC)COP(=O)(O)OCCN. The van der Waals surface area contributed by atoms with Crippen LogP contribution in [0.1, 0.15) is 213 Å². The molecular formula is C40H82NO7P. The van der Waals surface area contributed by atoms with E-state index < -0.39 is 13.9 Å². The van der Waals surface area contributed by atoms with Crippen LogP contribution in [-0.4, -0.2) is 49.9 Å². The van der Waals surface area contributed by atoms with Crippen molar-refractivity contribution in [3.8, 4) is 0 Å². The van der Waals surface area contributed by atoms with E-state index in [4.69, 9.17) is 24.3 Å². The molecule has 0 rings (SSSR count). The lowest BCUT2D eigenvalue weighted by Gasteiger charge is -2.20. The van der Waals surface area contributed by atoms with Crippen molar-refractivity contribution in [3.05, 3.63) is 0 Å².